The number of piperidine rings is 1. The summed E-state index contributed by atoms with van der Waals surface area (Å²) in [7, 11) is 0. The van der Waals surface area contributed by atoms with E-state index in [0.717, 1.165) is 31.4 Å². The highest BCUT2D eigenvalue weighted by Crippen LogP contribution is 2.14. The van der Waals surface area contributed by atoms with Gasteiger partial charge in [-0.2, -0.15) is 0 Å². The number of aromatic nitrogens is 2. The summed E-state index contributed by atoms with van der Waals surface area (Å²) in [6, 6.07) is 6.44. The highest BCUT2D eigenvalue weighted by molar-refractivity contribution is 5.99. The van der Waals surface area contributed by atoms with E-state index in [0.29, 0.717) is 12.4 Å². The number of amides is 1. The smallest absolute Gasteiger partial charge is 0.237 e. The van der Waals surface area contributed by atoms with Crippen LogP contribution in [0.4, 0.5) is 5.82 Å². The molecule has 0 radical (unpaired) electrons. The normalized spacial score (nSPS) is 16.5. The van der Waals surface area contributed by atoms with Crippen LogP contribution in [0.1, 0.15) is 35.3 Å². The van der Waals surface area contributed by atoms with Crippen molar-refractivity contribution in [3.8, 4) is 5.75 Å². The van der Waals surface area contributed by atoms with Crippen molar-refractivity contribution < 1.29 is 14.7 Å². The summed E-state index contributed by atoms with van der Waals surface area (Å²) < 4.78 is 0. The monoisotopic (exact) mass is 369 g/mol. The molecule has 142 valence electrons. The van der Waals surface area contributed by atoms with E-state index in [1.807, 2.05) is 6.07 Å². The van der Waals surface area contributed by atoms with E-state index in [1.165, 1.54) is 12.3 Å². The van der Waals surface area contributed by atoms with Crippen molar-refractivity contribution in [2.24, 2.45) is 0 Å². The number of carbonyl (C=O) groups excluding carboxylic acids is 2. The van der Waals surface area contributed by atoms with E-state index in [9.17, 15) is 14.7 Å². The molecule has 0 aromatic carbocycles. The second-order valence-electron chi connectivity index (χ2n) is 6.42. The lowest BCUT2D eigenvalue weighted by Crippen LogP contribution is -2.46. The molecule has 1 saturated heterocycles. The number of Topliss-reactive ketones (excluding diaryl/α,β-unsaturated/α-hetero) is 1. The van der Waals surface area contributed by atoms with Crippen LogP contribution in [0.5, 0.6) is 5.75 Å². The molecule has 3 heterocycles. The van der Waals surface area contributed by atoms with Gasteiger partial charge < -0.3 is 21.1 Å². The van der Waals surface area contributed by atoms with Crippen LogP contribution in [0, 0.1) is 0 Å². The summed E-state index contributed by atoms with van der Waals surface area (Å²) in [6.07, 6.45) is 6.10. The van der Waals surface area contributed by atoms with Gasteiger partial charge in [-0.3, -0.25) is 9.59 Å². The molecular formula is C19H23N5O3. The van der Waals surface area contributed by atoms with E-state index < -0.39 is 0 Å². The topological polar surface area (TPSA) is 116 Å². The maximum absolute atomic E-state index is 12.2. The molecule has 0 spiro atoms. The third kappa shape index (κ3) is 5.24. The Morgan fingerprint density at radius 3 is 2.89 bits per heavy atom. The zero-order valence-corrected chi connectivity index (χ0v) is 14.9. The van der Waals surface area contributed by atoms with Gasteiger partial charge in [0, 0.05) is 18.9 Å². The number of rotatable bonds is 7. The quantitative estimate of drug-likeness (QED) is 0.543. The van der Waals surface area contributed by atoms with Crippen molar-refractivity contribution in [2.75, 3.05) is 18.4 Å². The van der Waals surface area contributed by atoms with Crippen molar-refractivity contribution in [2.45, 2.75) is 31.8 Å². The minimum absolute atomic E-state index is 0.00169. The van der Waals surface area contributed by atoms with Crippen LogP contribution >= 0.6 is 0 Å². The number of pyridine rings is 2. The number of aromatic hydroxyl groups is 1. The molecule has 4 N–H and O–H groups in total. The van der Waals surface area contributed by atoms with E-state index >= 15 is 0 Å². The first-order valence-electron chi connectivity index (χ1n) is 9.00. The maximum Gasteiger partial charge on any atom is 0.237 e. The lowest BCUT2D eigenvalue weighted by Gasteiger charge is -2.22. The molecule has 27 heavy (non-hydrogen) atoms. The fourth-order valence-corrected chi connectivity index (χ4v) is 2.94. The molecule has 0 saturated carbocycles. The SMILES string of the molecule is O=C(CNc1cc(CNC(=O)C2CCCCN2)ccn1)c1ncccc1O. The molecule has 3 rings (SSSR count). The van der Waals surface area contributed by atoms with Crippen LogP contribution in [0.15, 0.2) is 36.7 Å². The molecule has 1 fully saturated rings. The van der Waals surface area contributed by atoms with Crippen molar-refractivity contribution in [3.05, 3.63) is 47.9 Å². The highest BCUT2D eigenvalue weighted by atomic mass is 16.3. The standard InChI is InChI=1S/C19H23N5O3/c25-15-5-3-8-22-18(15)16(26)12-23-17-10-13(6-9-21-17)11-24-19(27)14-4-1-2-7-20-14/h3,5-6,8-10,14,20,25H,1-2,4,7,11-12H2,(H,21,23)(H,24,27). The number of ketones is 1. The molecule has 1 atom stereocenters. The van der Waals surface area contributed by atoms with Gasteiger partial charge in [0.1, 0.15) is 17.3 Å². The fourth-order valence-electron chi connectivity index (χ4n) is 2.94. The average Bonchev–Trinajstić information content (AvgIpc) is 2.71. The summed E-state index contributed by atoms with van der Waals surface area (Å²) in [6.45, 7) is 1.23. The van der Waals surface area contributed by atoms with Gasteiger partial charge in [0.25, 0.3) is 0 Å². The Bertz CT molecular complexity index is 805. The predicted octanol–water partition coefficient (Wildman–Crippen LogP) is 1.24. The average molecular weight is 369 g/mol. The molecule has 8 nitrogen and oxygen atoms in total. The van der Waals surface area contributed by atoms with Gasteiger partial charge in [-0.25, -0.2) is 9.97 Å². The summed E-state index contributed by atoms with van der Waals surface area (Å²) in [5, 5.41) is 18.8. The molecule has 1 unspecified atom stereocenters. The molecule has 2 aromatic heterocycles. The van der Waals surface area contributed by atoms with Gasteiger partial charge in [0.05, 0.1) is 12.6 Å². The van der Waals surface area contributed by atoms with Crippen LogP contribution in [-0.2, 0) is 11.3 Å². The van der Waals surface area contributed by atoms with Gasteiger partial charge in [-0.15, -0.1) is 0 Å². The van der Waals surface area contributed by atoms with Gasteiger partial charge in [0.2, 0.25) is 11.7 Å². The Labute approximate surface area is 157 Å². The number of hydrogen-bond donors (Lipinski definition) is 4. The Morgan fingerprint density at radius 1 is 1.22 bits per heavy atom. The third-order valence-corrected chi connectivity index (χ3v) is 4.40. The van der Waals surface area contributed by atoms with Crippen molar-refractivity contribution in [1.82, 2.24) is 20.6 Å². The van der Waals surface area contributed by atoms with E-state index in [-0.39, 0.29) is 35.7 Å². The molecule has 1 amide bonds. The van der Waals surface area contributed by atoms with Gasteiger partial charge in [-0.1, -0.05) is 6.42 Å². The molecule has 1 aliphatic rings. The predicted molar refractivity (Wildman–Crippen MR) is 100 cm³/mol. The second-order valence-corrected chi connectivity index (χ2v) is 6.42. The summed E-state index contributed by atoms with van der Waals surface area (Å²) in [4.78, 5) is 32.4. The highest BCUT2D eigenvalue weighted by Gasteiger charge is 2.20. The van der Waals surface area contributed by atoms with Crippen molar-refractivity contribution in [3.63, 3.8) is 0 Å². The Balaban J connectivity index is 1.52. The Kier molecular flexibility index (Phi) is 6.32. The van der Waals surface area contributed by atoms with E-state index in [2.05, 4.69) is 25.9 Å². The molecule has 0 bridgehead atoms. The first-order chi connectivity index (χ1) is 13.1. The number of nitrogens with one attached hydrogen (secondary N) is 3. The number of hydrogen-bond acceptors (Lipinski definition) is 7. The number of carbonyl (C=O) groups is 2. The van der Waals surface area contributed by atoms with Crippen LogP contribution in [0.3, 0.4) is 0 Å². The zero-order valence-electron chi connectivity index (χ0n) is 14.9. The molecule has 8 heteroatoms. The third-order valence-electron chi connectivity index (χ3n) is 4.40. The van der Waals surface area contributed by atoms with Crippen molar-refractivity contribution >= 4 is 17.5 Å². The molecule has 2 aromatic rings. The molecule has 1 aliphatic heterocycles. The minimum atomic E-state index is -0.336. The fraction of sp³-hybridized carbons (Fsp3) is 0.368. The van der Waals surface area contributed by atoms with Crippen LogP contribution < -0.4 is 16.0 Å². The summed E-state index contributed by atoms with van der Waals surface area (Å²) in [5.74, 6) is 0.0326. The maximum atomic E-state index is 12.2. The van der Waals surface area contributed by atoms with E-state index in [1.54, 1.807) is 18.3 Å². The molecular weight excluding hydrogens is 346 g/mol. The van der Waals surface area contributed by atoms with Crippen LogP contribution in [0.25, 0.3) is 0 Å². The zero-order chi connectivity index (χ0) is 19.1. The number of nitrogens with zero attached hydrogens (tertiary/aromatic N) is 2. The summed E-state index contributed by atoms with van der Waals surface area (Å²) in [5.41, 5.74) is 0.901. The lowest BCUT2D eigenvalue weighted by molar-refractivity contribution is -0.123. The largest absolute Gasteiger partial charge is 0.506 e. The Hall–Kier alpha value is -3.00. The van der Waals surface area contributed by atoms with Crippen LogP contribution in [0.2, 0.25) is 0 Å². The minimum Gasteiger partial charge on any atom is -0.506 e. The first kappa shape index (κ1) is 18.8. The Morgan fingerprint density at radius 2 is 2.11 bits per heavy atom. The first-order valence-corrected chi connectivity index (χ1v) is 9.00. The van der Waals surface area contributed by atoms with Gasteiger partial charge in [-0.05, 0) is 49.2 Å². The summed E-state index contributed by atoms with van der Waals surface area (Å²) >= 11 is 0. The van der Waals surface area contributed by atoms with Gasteiger partial charge in [0.15, 0.2) is 0 Å². The van der Waals surface area contributed by atoms with E-state index in [4.69, 9.17) is 0 Å². The van der Waals surface area contributed by atoms with Crippen LogP contribution in [-0.4, -0.2) is 45.9 Å². The second kappa shape index (κ2) is 9.09. The van der Waals surface area contributed by atoms with Crippen molar-refractivity contribution in [1.29, 1.82) is 0 Å². The van der Waals surface area contributed by atoms with Gasteiger partial charge >= 0.3 is 0 Å². The lowest BCUT2D eigenvalue weighted by atomic mass is 10.0. The molecule has 0 aliphatic carbocycles. The number of anilines is 1.